The fraction of sp³-hybridized carbons (Fsp3) is 0.115. The number of esters is 1. The van der Waals surface area contributed by atoms with E-state index in [0.29, 0.717) is 29.4 Å². The lowest BCUT2D eigenvalue weighted by molar-refractivity contribution is -0.384. The number of carbonyl (C=O) groups excluding carboxylic acids is 1. The lowest BCUT2D eigenvalue weighted by atomic mass is 10.1. The number of ether oxygens (including phenoxy) is 3. The Morgan fingerprint density at radius 1 is 1.00 bits per heavy atom. The van der Waals surface area contributed by atoms with E-state index in [4.69, 9.17) is 14.2 Å². The number of carbonyl (C=O) groups is 1. The van der Waals surface area contributed by atoms with Crippen LogP contribution in [0.5, 0.6) is 11.5 Å². The maximum atomic E-state index is 12.4. The van der Waals surface area contributed by atoms with Gasteiger partial charge in [0.1, 0.15) is 12.4 Å². The summed E-state index contributed by atoms with van der Waals surface area (Å²) in [6.07, 6.45) is 3.45. The number of non-ortho nitro benzene ring substituents is 1. The molecule has 1 heterocycles. The zero-order valence-corrected chi connectivity index (χ0v) is 19.8. The van der Waals surface area contributed by atoms with Crippen LogP contribution in [-0.2, 0) is 16.1 Å². The van der Waals surface area contributed by atoms with Gasteiger partial charge in [0.25, 0.3) is 5.69 Å². The Bertz CT molecular complexity index is 1280. The molecule has 0 aliphatic carbocycles. The van der Waals surface area contributed by atoms with Crippen LogP contribution >= 0.6 is 15.9 Å². The van der Waals surface area contributed by atoms with Crippen molar-refractivity contribution in [1.29, 1.82) is 0 Å². The molecule has 0 unspecified atom stereocenters. The van der Waals surface area contributed by atoms with E-state index in [1.54, 1.807) is 36.4 Å². The van der Waals surface area contributed by atoms with Crippen molar-refractivity contribution >= 4 is 39.4 Å². The van der Waals surface area contributed by atoms with Gasteiger partial charge in [0.2, 0.25) is 0 Å². The molecule has 8 heteroatoms. The van der Waals surface area contributed by atoms with Crippen LogP contribution in [0.4, 0.5) is 5.69 Å². The molecule has 4 rings (SSSR count). The molecule has 0 saturated carbocycles. The van der Waals surface area contributed by atoms with E-state index >= 15 is 0 Å². The first kappa shape index (κ1) is 23.3. The zero-order chi connectivity index (χ0) is 24.1. The molecule has 3 aromatic rings. The smallest absolute Gasteiger partial charge is 0.343 e. The van der Waals surface area contributed by atoms with Gasteiger partial charge < -0.3 is 14.2 Å². The maximum Gasteiger partial charge on any atom is 0.343 e. The lowest BCUT2D eigenvalue weighted by Crippen LogP contribution is -2.00. The highest BCUT2D eigenvalue weighted by Gasteiger charge is 2.22. The minimum atomic E-state index is -0.442. The number of benzene rings is 3. The molecule has 0 bridgehead atoms. The SMILES string of the molecule is CCOc1cc(/C=C2\C=C(c3ccc(Br)cc3)OC2=O)ccc1OCc1ccc([N+](=O)[O-])cc1. The minimum Gasteiger partial charge on any atom is -0.490 e. The van der Waals surface area contributed by atoms with Crippen molar-refractivity contribution in [3.8, 4) is 11.5 Å². The lowest BCUT2D eigenvalue weighted by Gasteiger charge is -2.13. The normalized spacial score (nSPS) is 14.0. The van der Waals surface area contributed by atoms with Crippen molar-refractivity contribution in [2.24, 2.45) is 0 Å². The first-order chi connectivity index (χ1) is 16.4. The van der Waals surface area contributed by atoms with E-state index in [1.165, 1.54) is 12.1 Å². The molecule has 0 spiro atoms. The number of nitro groups is 1. The van der Waals surface area contributed by atoms with Gasteiger partial charge in [-0.2, -0.15) is 0 Å². The second-order valence-corrected chi connectivity index (χ2v) is 8.27. The Kier molecular flexibility index (Phi) is 7.08. The van der Waals surface area contributed by atoms with Gasteiger partial charge in [-0.25, -0.2) is 4.79 Å². The Morgan fingerprint density at radius 3 is 2.41 bits per heavy atom. The summed E-state index contributed by atoms with van der Waals surface area (Å²) in [6.45, 7) is 2.53. The second-order valence-electron chi connectivity index (χ2n) is 7.36. The minimum absolute atomic E-state index is 0.0268. The Hall–Kier alpha value is -3.91. The van der Waals surface area contributed by atoms with Crippen LogP contribution in [0.3, 0.4) is 0 Å². The molecule has 34 heavy (non-hydrogen) atoms. The molecular weight excluding hydrogens is 502 g/mol. The van der Waals surface area contributed by atoms with Crippen LogP contribution in [0.1, 0.15) is 23.6 Å². The van der Waals surface area contributed by atoms with Crippen molar-refractivity contribution in [1.82, 2.24) is 0 Å². The van der Waals surface area contributed by atoms with E-state index in [2.05, 4.69) is 15.9 Å². The van der Waals surface area contributed by atoms with Gasteiger partial charge in [0.15, 0.2) is 11.5 Å². The van der Waals surface area contributed by atoms with Crippen LogP contribution in [0.25, 0.3) is 11.8 Å². The van der Waals surface area contributed by atoms with E-state index in [1.807, 2.05) is 37.3 Å². The van der Waals surface area contributed by atoms with Crippen LogP contribution < -0.4 is 9.47 Å². The first-order valence-electron chi connectivity index (χ1n) is 10.5. The standard InChI is InChI=1S/C26H20BrNO6/c1-2-32-25-14-18(5-12-23(25)33-16-17-3-10-22(11-4-17)28(30)31)13-20-15-24(34-26(20)29)19-6-8-21(27)9-7-19/h3-15H,2,16H2,1H3/b20-13+. The van der Waals surface area contributed by atoms with Crippen LogP contribution in [0.2, 0.25) is 0 Å². The van der Waals surface area contributed by atoms with Gasteiger partial charge in [0.05, 0.1) is 17.1 Å². The van der Waals surface area contributed by atoms with Crippen molar-refractivity contribution in [2.75, 3.05) is 6.61 Å². The largest absolute Gasteiger partial charge is 0.490 e. The summed E-state index contributed by atoms with van der Waals surface area (Å²) in [5.74, 6) is 1.14. The molecule has 0 radical (unpaired) electrons. The Balaban J connectivity index is 1.52. The highest BCUT2D eigenvalue weighted by atomic mass is 79.9. The molecule has 0 fully saturated rings. The topological polar surface area (TPSA) is 87.9 Å². The number of nitro benzene ring substituents is 1. The molecular formula is C26H20BrNO6. The maximum absolute atomic E-state index is 12.4. The molecule has 0 N–H and O–H groups in total. The third-order valence-corrected chi connectivity index (χ3v) is 5.51. The molecule has 7 nitrogen and oxygen atoms in total. The summed E-state index contributed by atoms with van der Waals surface area (Å²) in [5, 5.41) is 10.8. The molecule has 0 amide bonds. The fourth-order valence-electron chi connectivity index (χ4n) is 3.30. The summed E-state index contributed by atoms with van der Waals surface area (Å²) < 4.78 is 18.0. The van der Waals surface area contributed by atoms with Gasteiger partial charge in [-0.15, -0.1) is 0 Å². The van der Waals surface area contributed by atoms with Gasteiger partial charge in [-0.05, 0) is 66.6 Å². The Labute approximate surface area is 204 Å². The average Bonchev–Trinajstić information content (AvgIpc) is 3.19. The molecule has 0 aromatic heterocycles. The average molecular weight is 522 g/mol. The summed E-state index contributed by atoms with van der Waals surface area (Å²) >= 11 is 3.39. The predicted octanol–water partition coefficient (Wildman–Crippen LogP) is 6.32. The van der Waals surface area contributed by atoms with Crippen molar-refractivity contribution in [3.63, 3.8) is 0 Å². The summed E-state index contributed by atoms with van der Waals surface area (Å²) in [5.41, 5.74) is 2.81. The second kappa shape index (κ2) is 10.4. The van der Waals surface area contributed by atoms with E-state index in [0.717, 1.165) is 21.2 Å². The number of hydrogen-bond acceptors (Lipinski definition) is 6. The third-order valence-electron chi connectivity index (χ3n) is 4.98. The summed E-state index contributed by atoms with van der Waals surface area (Å²) in [4.78, 5) is 22.7. The van der Waals surface area contributed by atoms with Gasteiger partial charge in [0, 0.05) is 22.2 Å². The van der Waals surface area contributed by atoms with E-state index in [9.17, 15) is 14.9 Å². The quantitative estimate of drug-likeness (QED) is 0.149. The predicted molar refractivity (Wildman–Crippen MR) is 131 cm³/mol. The fourth-order valence-corrected chi connectivity index (χ4v) is 3.57. The van der Waals surface area contributed by atoms with Gasteiger partial charge in [-0.1, -0.05) is 34.1 Å². The highest BCUT2D eigenvalue weighted by Crippen LogP contribution is 2.32. The first-order valence-corrected chi connectivity index (χ1v) is 11.3. The van der Waals surface area contributed by atoms with Crippen molar-refractivity contribution in [2.45, 2.75) is 13.5 Å². The van der Waals surface area contributed by atoms with Crippen LogP contribution in [0.15, 0.2) is 82.9 Å². The Morgan fingerprint density at radius 2 is 1.74 bits per heavy atom. The van der Waals surface area contributed by atoms with Gasteiger partial charge >= 0.3 is 5.97 Å². The summed E-state index contributed by atoms with van der Waals surface area (Å²) in [7, 11) is 0. The number of cyclic esters (lactones) is 1. The highest BCUT2D eigenvalue weighted by molar-refractivity contribution is 9.10. The number of rotatable bonds is 8. The molecule has 0 saturated heterocycles. The van der Waals surface area contributed by atoms with Crippen LogP contribution in [-0.4, -0.2) is 17.5 Å². The molecule has 3 aromatic carbocycles. The van der Waals surface area contributed by atoms with Gasteiger partial charge in [-0.3, -0.25) is 10.1 Å². The number of hydrogen-bond donors (Lipinski definition) is 0. The molecule has 1 aliphatic heterocycles. The monoisotopic (exact) mass is 521 g/mol. The molecule has 0 atom stereocenters. The van der Waals surface area contributed by atoms with Crippen LogP contribution in [0, 0.1) is 10.1 Å². The van der Waals surface area contributed by atoms with E-state index in [-0.39, 0.29) is 12.3 Å². The molecule has 172 valence electrons. The number of nitrogens with zero attached hydrogens (tertiary/aromatic N) is 1. The molecule has 1 aliphatic rings. The van der Waals surface area contributed by atoms with E-state index < -0.39 is 10.9 Å². The van der Waals surface area contributed by atoms with Crippen molar-refractivity contribution in [3.05, 3.63) is 110 Å². The zero-order valence-electron chi connectivity index (χ0n) is 18.2. The van der Waals surface area contributed by atoms with Crippen molar-refractivity contribution < 1.29 is 23.9 Å². The third kappa shape index (κ3) is 5.52. The summed E-state index contributed by atoms with van der Waals surface area (Å²) in [6, 6.07) is 19.1. The number of halogens is 1.